The van der Waals surface area contributed by atoms with E-state index in [4.69, 9.17) is 4.74 Å². The molecule has 0 aliphatic carbocycles. The molecular formula is C14H17BrN4O3S. The second-order valence-corrected chi connectivity index (χ2v) is 6.47. The molecule has 0 atom stereocenters. The fourth-order valence-electron chi connectivity index (χ4n) is 1.93. The first-order chi connectivity index (χ1) is 10.9. The van der Waals surface area contributed by atoms with Gasteiger partial charge in [0.1, 0.15) is 6.54 Å². The van der Waals surface area contributed by atoms with E-state index in [2.05, 4.69) is 31.3 Å². The minimum atomic E-state index is -0.330. The average molecular weight is 401 g/mol. The Labute approximate surface area is 146 Å². The van der Waals surface area contributed by atoms with Crippen LogP contribution in [-0.4, -0.2) is 33.2 Å². The summed E-state index contributed by atoms with van der Waals surface area (Å²) in [6.07, 6.45) is 0.102. The molecule has 2 rings (SSSR count). The van der Waals surface area contributed by atoms with Gasteiger partial charge in [-0.1, -0.05) is 0 Å². The topological polar surface area (TPSA) is 86.1 Å². The van der Waals surface area contributed by atoms with Crippen LogP contribution < -0.4 is 5.32 Å². The normalized spacial score (nSPS) is 10.6. The summed E-state index contributed by atoms with van der Waals surface area (Å²) in [6.45, 7) is 5.95. The lowest BCUT2D eigenvalue weighted by Crippen LogP contribution is -2.20. The summed E-state index contributed by atoms with van der Waals surface area (Å²) in [7, 11) is 0. The Morgan fingerprint density at radius 1 is 1.43 bits per heavy atom. The largest absolute Gasteiger partial charge is 0.466 e. The third kappa shape index (κ3) is 4.61. The van der Waals surface area contributed by atoms with Gasteiger partial charge in [0.05, 0.1) is 34.6 Å². The number of rotatable bonds is 6. The number of amides is 1. The smallest absolute Gasteiger partial charge is 0.311 e. The van der Waals surface area contributed by atoms with E-state index in [0.29, 0.717) is 17.4 Å². The van der Waals surface area contributed by atoms with Crippen LogP contribution in [0.3, 0.4) is 0 Å². The maximum absolute atomic E-state index is 12.1. The highest BCUT2D eigenvalue weighted by Gasteiger charge is 2.14. The quantitative estimate of drug-likeness (QED) is 0.752. The Kier molecular flexibility index (Phi) is 5.89. The van der Waals surface area contributed by atoms with Crippen LogP contribution in [0.1, 0.15) is 24.0 Å². The molecule has 2 heterocycles. The third-order valence-electron chi connectivity index (χ3n) is 3.02. The highest BCUT2D eigenvalue weighted by molar-refractivity contribution is 9.10. The van der Waals surface area contributed by atoms with Crippen molar-refractivity contribution < 1.29 is 14.3 Å². The lowest BCUT2D eigenvalue weighted by Gasteiger charge is -2.04. The Hall–Kier alpha value is -1.74. The Morgan fingerprint density at radius 3 is 2.78 bits per heavy atom. The van der Waals surface area contributed by atoms with Crippen molar-refractivity contribution in [3.8, 4) is 0 Å². The van der Waals surface area contributed by atoms with E-state index in [0.717, 1.165) is 15.9 Å². The van der Waals surface area contributed by atoms with Crippen LogP contribution in [0.2, 0.25) is 0 Å². The van der Waals surface area contributed by atoms with Crippen molar-refractivity contribution in [2.45, 2.75) is 33.7 Å². The van der Waals surface area contributed by atoms with Crippen molar-refractivity contribution in [1.82, 2.24) is 14.8 Å². The van der Waals surface area contributed by atoms with E-state index >= 15 is 0 Å². The number of esters is 1. The van der Waals surface area contributed by atoms with Crippen LogP contribution in [0.25, 0.3) is 0 Å². The van der Waals surface area contributed by atoms with Gasteiger partial charge < -0.3 is 10.1 Å². The summed E-state index contributed by atoms with van der Waals surface area (Å²) < 4.78 is 7.39. The fraction of sp³-hybridized carbons (Fsp3) is 0.429. The lowest BCUT2D eigenvalue weighted by atomic mass is 10.3. The van der Waals surface area contributed by atoms with Gasteiger partial charge in [0.25, 0.3) is 0 Å². The average Bonchev–Trinajstić information content (AvgIpc) is 3.00. The number of anilines is 1. The third-order valence-corrected chi connectivity index (χ3v) is 4.97. The molecule has 124 valence electrons. The molecule has 0 fully saturated rings. The molecule has 0 unspecified atom stereocenters. The number of hydrogen-bond donors (Lipinski definition) is 1. The summed E-state index contributed by atoms with van der Waals surface area (Å²) >= 11 is 4.70. The van der Waals surface area contributed by atoms with Gasteiger partial charge in [-0.3, -0.25) is 14.3 Å². The van der Waals surface area contributed by atoms with Gasteiger partial charge in [-0.05, 0) is 36.7 Å². The molecular weight excluding hydrogens is 384 g/mol. The second kappa shape index (κ2) is 7.69. The van der Waals surface area contributed by atoms with E-state index in [1.54, 1.807) is 17.0 Å². The second-order valence-electron chi connectivity index (χ2n) is 4.82. The SMILES string of the molecule is CCOC(=O)Cc1csc(NC(=O)Cn2nc(C)c(Br)c2C)n1. The van der Waals surface area contributed by atoms with Crippen LogP contribution in [0.5, 0.6) is 0 Å². The number of ether oxygens (including phenoxy) is 1. The first kappa shape index (κ1) is 17.6. The zero-order valence-corrected chi connectivity index (χ0v) is 15.5. The zero-order valence-electron chi connectivity index (χ0n) is 13.1. The van der Waals surface area contributed by atoms with E-state index in [-0.39, 0.29) is 24.8 Å². The van der Waals surface area contributed by atoms with Crippen LogP contribution in [0.4, 0.5) is 5.13 Å². The number of nitrogens with one attached hydrogen (secondary N) is 1. The first-order valence-electron chi connectivity index (χ1n) is 7.00. The predicted octanol–water partition coefficient (Wildman–Crippen LogP) is 2.46. The van der Waals surface area contributed by atoms with Gasteiger partial charge >= 0.3 is 5.97 Å². The van der Waals surface area contributed by atoms with E-state index in [1.807, 2.05) is 13.8 Å². The maximum atomic E-state index is 12.1. The first-order valence-corrected chi connectivity index (χ1v) is 8.67. The molecule has 2 aromatic heterocycles. The maximum Gasteiger partial charge on any atom is 0.311 e. The van der Waals surface area contributed by atoms with Gasteiger partial charge in [0.2, 0.25) is 5.91 Å². The molecule has 0 saturated heterocycles. The van der Waals surface area contributed by atoms with Crippen molar-refractivity contribution >= 4 is 44.3 Å². The molecule has 0 aromatic carbocycles. The molecule has 1 N–H and O–H groups in total. The van der Waals surface area contributed by atoms with Crippen LogP contribution in [0.15, 0.2) is 9.85 Å². The Bertz CT molecular complexity index is 726. The Balaban J connectivity index is 1.94. The monoisotopic (exact) mass is 400 g/mol. The van der Waals surface area contributed by atoms with Gasteiger partial charge in [-0.25, -0.2) is 4.98 Å². The fourth-order valence-corrected chi connectivity index (χ4v) is 2.94. The molecule has 2 aromatic rings. The van der Waals surface area contributed by atoms with Crippen LogP contribution >= 0.6 is 27.3 Å². The van der Waals surface area contributed by atoms with E-state index in [1.165, 1.54) is 11.3 Å². The summed E-state index contributed by atoms with van der Waals surface area (Å²) in [5.41, 5.74) is 2.30. The number of aryl methyl sites for hydroxylation is 1. The van der Waals surface area contributed by atoms with Gasteiger partial charge in [-0.2, -0.15) is 5.10 Å². The summed E-state index contributed by atoms with van der Waals surface area (Å²) in [5, 5.41) is 9.18. The molecule has 0 aliphatic rings. The number of halogens is 1. The van der Waals surface area contributed by atoms with Gasteiger partial charge in [-0.15, -0.1) is 11.3 Å². The van der Waals surface area contributed by atoms with Crippen molar-refractivity contribution in [3.05, 3.63) is 26.9 Å². The molecule has 1 amide bonds. The molecule has 0 bridgehead atoms. The molecule has 9 heteroatoms. The molecule has 7 nitrogen and oxygen atoms in total. The van der Waals surface area contributed by atoms with E-state index < -0.39 is 0 Å². The predicted molar refractivity (Wildman–Crippen MR) is 90.5 cm³/mol. The van der Waals surface area contributed by atoms with Crippen LogP contribution in [-0.2, 0) is 27.3 Å². The van der Waals surface area contributed by atoms with Crippen molar-refractivity contribution in [3.63, 3.8) is 0 Å². The van der Waals surface area contributed by atoms with Crippen molar-refractivity contribution in [1.29, 1.82) is 0 Å². The van der Waals surface area contributed by atoms with Crippen molar-refractivity contribution in [2.24, 2.45) is 0 Å². The summed E-state index contributed by atoms with van der Waals surface area (Å²) in [5.74, 6) is -0.552. The number of carbonyl (C=O) groups is 2. The summed E-state index contributed by atoms with van der Waals surface area (Å²) in [4.78, 5) is 27.7. The van der Waals surface area contributed by atoms with E-state index in [9.17, 15) is 9.59 Å². The number of carbonyl (C=O) groups excluding carboxylic acids is 2. The van der Waals surface area contributed by atoms with Gasteiger partial charge in [0.15, 0.2) is 5.13 Å². The minimum Gasteiger partial charge on any atom is -0.466 e. The summed E-state index contributed by atoms with van der Waals surface area (Å²) in [6, 6.07) is 0. The highest BCUT2D eigenvalue weighted by atomic mass is 79.9. The zero-order chi connectivity index (χ0) is 17.0. The number of hydrogen-bond acceptors (Lipinski definition) is 6. The molecule has 0 saturated carbocycles. The number of aromatic nitrogens is 3. The van der Waals surface area contributed by atoms with Crippen LogP contribution in [0, 0.1) is 13.8 Å². The van der Waals surface area contributed by atoms with Gasteiger partial charge in [0, 0.05) is 5.38 Å². The molecule has 0 spiro atoms. The van der Waals surface area contributed by atoms with Crippen molar-refractivity contribution in [2.75, 3.05) is 11.9 Å². The molecule has 0 radical (unpaired) electrons. The minimum absolute atomic E-state index is 0.102. The molecule has 0 aliphatic heterocycles. The lowest BCUT2D eigenvalue weighted by molar-refractivity contribution is -0.142. The standard InChI is InChI=1S/C14H17BrN4O3S/c1-4-22-12(21)5-10-7-23-14(16-10)17-11(20)6-19-9(3)13(15)8(2)18-19/h7H,4-6H2,1-3H3,(H,16,17,20). The Morgan fingerprint density at radius 2 is 2.17 bits per heavy atom. The highest BCUT2D eigenvalue weighted by Crippen LogP contribution is 2.20. The number of thiazole rings is 1. The number of nitrogens with zero attached hydrogens (tertiary/aromatic N) is 3. The molecule has 23 heavy (non-hydrogen) atoms.